The number of ether oxygens (including phenoxy) is 1. The molecule has 2 aromatic carbocycles. The summed E-state index contributed by atoms with van der Waals surface area (Å²) in [6, 6.07) is 16.7. The highest BCUT2D eigenvalue weighted by atomic mass is 32.2. The van der Waals surface area contributed by atoms with Gasteiger partial charge in [-0.25, -0.2) is 9.71 Å². The van der Waals surface area contributed by atoms with Crippen molar-refractivity contribution in [3.8, 4) is 5.75 Å². The average molecular weight is 669 g/mol. The Hall–Kier alpha value is -3.67. The summed E-state index contributed by atoms with van der Waals surface area (Å²) in [5, 5.41) is 0. The lowest BCUT2D eigenvalue weighted by Crippen LogP contribution is -2.29. The van der Waals surface area contributed by atoms with Crippen molar-refractivity contribution in [2.75, 3.05) is 26.4 Å². The number of amides is 2. The first kappa shape index (κ1) is 38.5. The Morgan fingerprint density at radius 2 is 1.76 bits per heavy atom. The molecule has 2 fully saturated rings. The average Bonchev–Trinajstić information content (AvgIpc) is 3.34. The highest BCUT2D eigenvalue weighted by molar-refractivity contribution is 8.03. The third kappa shape index (κ3) is 12.6. The summed E-state index contributed by atoms with van der Waals surface area (Å²) in [5.41, 5.74) is 3.60. The van der Waals surface area contributed by atoms with Gasteiger partial charge in [-0.2, -0.15) is 12.7 Å². The lowest BCUT2D eigenvalue weighted by atomic mass is 9.84. The van der Waals surface area contributed by atoms with Crippen LogP contribution < -0.4 is 9.46 Å². The number of hydrogen-bond acceptors (Lipinski definition) is 7. The quantitative estimate of drug-likeness (QED) is 0.121. The van der Waals surface area contributed by atoms with Gasteiger partial charge in [0, 0.05) is 19.8 Å². The van der Waals surface area contributed by atoms with Crippen LogP contribution in [0.15, 0.2) is 83.4 Å². The monoisotopic (exact) mass is 668 g/mol. The van der Waals surface area contributed by atoms with Gasteiger partial charge in [0.15, 0.2) is 0 Å². The number of rotatable bonds is 11. The zero-order valence-corrected chi connectivity index (χ0v) is 29.3. The highest BCUT2D eigenvalue weighted by Gasteiger charge is 2.32. The molecule has 2 amide bonds. The van der Waals surface area contributed by atoms with E-state index in [1.165, 1.54) is 72.3 Å². The van der Waals surface area contributed by atoms with Gasteiger partial charge in [0.1, 0.15) is 12.4 Å². The fraction of sp³-hybridized carbons (Fsp3) is 0.400. The molecule has 1 heterocycles. The number of thioether (sulfide) groups is 1. The normalized spacial score (nSPS) is 16.6. The predicted octanol–water partition coefficient (Wildman–Crippen LogP) is 6.91. The Balaban J connectivity index is 0.000000475. The van der Waals surface area contributed by atoms with Crippen LogP contribution >= 0.6 is 11.8 Å². The van der Waals surface area contributed by atoms with Gasteiger partial charge in [-0.15, -0.1) is 18.3 Å². The van der Waals surface area contributed by atoms with Gasteiger partial charge in [0.05, 0.1) is 17.8 Å². The summed E-state index contributed by atoms with van der Waals surface area (Å²) in [4.78, 5) is 29.4. The molecule has 0 spiro atoms. The van der Waals surface area contributed by atoms with E-state index in [0.29, 0.717) is 11.5 Å². The lowest BCUT2D eigenvalue weighted by molar-refractivity contribution is -0.121. The van der Waals surface area contributed by atoms with Crippen molar-refractivity contribution in [2.45, 2.75) is 65.4 Å². The van der Waals surface area contributed by atoms with Crippen molar-refractivity contribution >= 4 is 46.2 Å². The van der Waals surface area contributed by atoms with Crippen LogP contribution in [0.25, 0.3) is 6.08 Å². The molecule has 0 radical (unpaired) electrons. The summed E-state index contributed by atoms with van der Waals surface area (Å²) < 4.78 is 30.7. The van der Waals surface area contributed by atoms with Crippen LogP contribution in [-0.2, 0) is 26.4 Å². The van der Waals surface area contributed by atoms with Crippen molar-refractivity contribution in [2.24, 2.45) is 4.99 Å². The smallest absolute Gasteiger partial charge is 0.304 e. The Labute approximate surface area is 279 Å². The number of allylic oxidation sites excluding steroid dienone is 1. The largest absolute Gasteiger partial charge is 0.489 e. The lowest BCUT2D eigenvalue weighted by Gasteiger charge is -2.22. The molecule has 0 aromatic heterocycles. The van der Waals surface area contributed by atoms with Crippen LogP contribution in [0.1, 0.15) is 75.5 Å². The Bertz CT molecular complexity index is 1450. The summed E-state index contributed by atoms with van der Waals surface area (Å²) >= 11 is 1.42. The van der Waals surface area contributed by atoms with E-state index in [1.807, 2.05) is 68.2 Å². The van der Waals surface area contributed by atoms with Gasteiger partial charge in [0.25, 0.3) is 5.91 Å². The number of likely N-dealkylation sites (N-methyl/N-ethyl adjacent to an activating group) is 1. The van der Waals surface area contributed by atoms with Gasteiger partial charge >= 0.3 is 10.2 Å². The minimum atomic E-state index is -3.54. The fourth-order valence-electron chi connectivity index (χ4n) is 4.75. The highest BCUT2D eigenvalue weighted by Crippen LogP contribution is 2.32. The Morgan fingerprint density at radius 3 is 2.30 bits per heavy atom. The number of nitrogens with zero attached hydrogens (tertiary/aromatic N) is 3. The zero-order chi connectivity index (χ0) is 34.0. The van der Waals surface area contributed by atoms with E-state index in [2.05, 4.69) is 35.8 Å². The first-order valence-electron chi connectivity index (χ1n) is 15.6. The number of benzene rings is 2. The van der Waals surface area contributed by atoms with E-state index < -0.39 is 16.1 Å². The van der Waals surface area contributed by atoms with Gasteiger partial charge in [-0.3, -0.25) is 9.59 Å². The van der Waals surface area contributed by atoms with E-state index in [9.17, 15) is 18.0 Å². The third-order valence-corrected chi connectivity index (χ3v) is 9.28. The molecule has 11 heteroatoms. The second kappa shape index (κ2) is 20.5. The zero-order valence-electron chi connectivity index (χ0n) is 27.6. The minimum Gasteiger partial charge on any atom is -0.489 e. The molecule has 1 aliphatic carbocycles. The molecule has 0 atom stereocenters. The summed E-state index contributed by atoms with van der Waals surface area (Å²) in [6.07, 6.45) is 16.9. The number of carbonyl (C=O) groups excluding carboxylic acids is 2. The van der Waals surface area contributed by atoms with Crippen LogP contribution in [0.2, 0.25) is 0 Å². The molecule has 1 aliphatic heterocycles. The molecule has 0 unspecified atom stereocenters. The maximum atomic E-state index is 12.6. The molecule has 0 bridgehead atoms. The second-order valence-corrected chi connectivity index (χ2v) is 12.9. The van der Waals surface area contributed by atoms with Gasteiger partial charge in [-0.1, -0.05) is 81.7 Å². The van der Waals surface area contributed by atoms with Crippen molar-refractivity contribution in [3.05, 3.63) is 95.1 Å². The van der Waals surface area contributed by atoms with Crippen molar-refractivity contribution in [1.82, 2.24) is 13.9 Å². The van der Waals surface area contributed by atoms with Gasteiger partial charge < -0.3 is 9.64 Å². The van der Waals surface area contributed by atoms with E-state index in [0.717, 1.165) is 21.5 Å². The minimum absolute atomic E-state index is 0.0900. The van der Waals surface area contributed by atoms with Crippen LogP contribution in [0.4, 0.5) is 0 Å². The van der Waals surface area contributed by atoms with Crippen molar-refractivity contribution in [3.63, 3.8) is 0 Å². The first-order valence-corrected chi connectivity index (χ1v) is 18.2. The Kier molecular flexibility index (Phi) is 17.1. The van der Waals surface area contributed by atoms with E-state index in [-0.39, 0.29) is 19.0 Å². The number of nitrogens with one attached hydrogen (secondary N) is 1. The van der Waals surface area contributed by atoms with Crippen LogP contribution in [-0.4, -0.2) is 62.2 Å². The molecule has 9 nitrogen and oxygen atoms in total. The maximum Gasteiger partial charge on any atom is 0.304 e. The van der Waals surface area contributed by atoms with E-state index in [1.54, 1.807) is 13.2 Å². The number of carbonyl (C=O) groups is 2. The van der Waals surface area contributed by atoms with E-state index >= 15 is 0 Å². The Morgan fingerprint density at radius 1 is 1.11 bits per heavy atom. The molecule has 2 aliphatic rings. The maximum absolute atomic E-state index is 12.6. The SMILES string of the molecule is C/C=C/N=CN(C)C(=O)/C(=C/c1ccc(OCc2ccc(C3CCCCC3)cc2)cc1)SC.C=CCN1CC(=O)NS1(=O)=O.CC. The van der Waals surface area contributed by atoms with Gasteiger partial charge in [0.2, 0.25) is 5.91 Å². The number of hydrogen-bond donors (Lipinski definition) is 1. The molecule has 1 N–H and O–H groups in total. The third-order valence-electron chi connectivity index (χ3n) is 7.10. The first-order chi connectivity index (χ1) is 22.2. The topological polar surface area (TPSA) is 108 Å². The van der Waals surface area contributed by atoms with E-state index in [4.69, 9.17) is 4.74 Å². The van der Waals surface area contributed by atoms with Crippen LogP contribution in [0.5, 0.6) is 5.75 Å². The molecule has 1 saturated carbocycles. The van der Waals surface area contributed by atoms with Crippen LogP contribution in [0.3, 0.4) is 0 Å². The standard InChI is InChI=1S/C28H34N2O2S.C5H8N2O3S.C2H6/c1-4-18-29-21-30(2)28(31)27(33-3)19-22-12-16-26(17-13-22)32-20-23-10-14-25(15-11-23)24-8-6-5-7-9-24;1-2-3-7-4-5(8)6-11(7,9)10;1-2/h4,10-19,21,24H,5-9,20H2,1-3H3;2H,1,3-4H2,(H,6,8);1-2H3/b18-4+,27-19-,29-21?;;. The molecule has 1 saturated heterocycles. The molecular weight excluding hydrogens is 621 g/mol. The van der Waals surface area contributed by atoms with Crippen molar-refractivity contribution < 1.29 is 22.7 Å². The predicted molar refractivity (Wildman–Crippen MR) is 191 cm³/mol. The second-order valence-electron chi connectivity index (χ2n) is 10.4. The molecule has 2 aromatic rings. The molecular formula is C35H48N4O5S2. The summed E-state index contributed by atoms with van der Waals surface area (Å²) in [6.45, 7) is 9.86. The van der Waals surface area contributed by atoms with Crippen LogP contribution in [0, 0.1) is 0 Å². The van der Waals surface area contributed by atoms with Crippen molar-refractivity contribution in [1.29, 1.82) is 0 Å². The molecule has 46 heavy (non-hydrogen) atoms. The number of aliphatic imine (C=N–C) groups is 1. The summed E-state index contributed by atoms with van der Waals surface area (Å²) in [5.74, 6) is 0.961. The molecule has 4 rings (SSSR count). The fourth-order valence-corrected chi connectivity index (χ4v) is 6.39. The van der Waals surface area contributed by atoms with Gasteiger partial charge in [-0.05, 0) is 66.8 Å². The summed E-state index contributed by atoms with van der Waals surface area (Å²) in [7, 11) is -1.83. The molecule has 250 valence electrons.